The van der Waals surface area contributed by atoms with Crippen LogP contribution in [0.2, 0.25) is 0 Å². The topological polar surface area (TPSA) is 54.3 Å². The molecule has 3 aliphatic rings. The Bertz CT molecular complexity index is 955. The predicted molar refractivity (Wildman–Crippen MR) is 98.2 cm³/mol. The molecule has 1 aromatic carbocycles. The summed E-state index contributed by atoms with van der Waals surface area (Å²) in [4.78, 5) is 15.9. The van der Waals surface area contributed by atoms with Gasteiger partial charge in [0, 0.05) is 29.7 Å². The van der Waals surface area contributed by atoms with Crippen molar-refractivity contribution in [2.24, 2.45) is 11.8 Å². The Kier molecular flexibility index (Phi) is 3.45. The molecule has 0 bridgehead atoms. The summed E-state index contributed by atoms with van der Waals surface area (Å²) in [6.45, 7) is 3.09. The molecule has 0 aliphatic carbocycles. The first-order valence-electron chi connectivity index (χ1n) is 9.31. The number of rotatable bonds is 1. The Morgan fingerprint density at radius 3 is 3.04 bits per heavy atom. The fourth-order valence-corrected chi connectivity index (χ4v) is 4.95. The van der Waals surface area contributed by atoms with E-state index in [0.717, 1.165) is 19.4 Å². The monoisotopic (exact) mass is 351 g/mol. The Morgan fingerprint density at radius 1 is 1.35 bits per heavy atom. The molecule has 134 valence electrons. The Balaban J connectivity index is 1.60. The molecule has 26 heavy (non-hydrogen) atoms. The zero-order chi connectivity index (χ0) is 17.8. The van der Waals surface area contributed by atoms with E-state index in [1.54, 1.807) is 6.26 Å². The Morgan fingerprint density at radius 2 is 2.19 bits per heavy atom. The van der Waals surface area contributed by atoms with Crippen molar-refractivity contribution in [1.29, 1.82) is 0 Å². The Labute approximate surface area is 152 Å². The SMILES string of the molecule is COC(=O)C1=CO[C@@H](C)C2C=[N+]3CCc4c([nH]c5ccccc45)[C@@H]3C[C@H]12. The number of carbonyl (C=O) groups excluding carboxylic acids is 1. The maximum Gasteiger partial charge on any atom is 0.337 e. The highest BCUT2D eigenvalue weighted by Crippen LogP contribution is 2.44. The molecule has 4 heterocycles. The molecule has 4 atom stereocenters. The molecule has 1 aromatic heterocycles. The van der Waals surface area contributed by atoms with E-state index < -0.39 is 0 Å². The van der Waals surface area contributed by atoms with Crippen LogP contribution in [0.4, 0.5) is 0 Å². The normalized spacial score (nSPS) is 29.6. The second kappa shape index (κ2) is 5.73. The van der Waals surface area contributed by atoms with Gasteiger partial charge in [0.05, 0.1) is 30.6 Å². The van der Waals surface area contributed by atoms with E-state index in [2.05, 4.69) is 47.0 Å². The molecule has 0 spiro atoms. The Hall–Kier alpha value is -2.56. The second-order valence-corrected chi connectivity index (χ2v) is 7.54. The van der Waals surface area contributed by atoms with Crippen LogP contribution in [0.5, 0.6) is 0 Å². The van der Waals surface area contributed by atoms with Gasteiger partial charge >= 0.3 is 5.97 Å². The highest BCUT2D eigenvalue weighted by Gasteiger charge is 2.48. The standard InChI is InChI=1S/C21H23N2O3/c1-12-16-10-23-8-7-14-13-5-3-4-6-18(13)22-20(14)19(23)9-15(16)17(11-26-12)21(24)25-2/h3-6,10-12,15-16,19,22H,7-9H2,1-2H3/q+1/t12-,15-,16?,19-/m0/s1. The number of carbonyl (C=O) groups is 1. The lowest BCUT2D eigenvalue weighted by Crippen LogP contribution is -2.45. The quantitative estimate of drug-likeness (QED) is 0.635. The van der Waals surface area contributed by atoms with Crippen molar-refractivity contribution in [2.45, 2.75) is 31.9 Å². The van der Waals surface area contributed by atoms with Crippen molar-refractivity contribution in [3.05, 3.63) is 47.4 Å². The largest absolute Gasteiger partial charge is 0.497 e. The van der Waals surface area contributed by atoms with Crippen LogP contribution in [0.15, 0.2) is 36.1 Å². The van der Waals surface area contributed by atoms with E-state index >= 15 is 0 Å². The molecule has 0 fully saturated rings. The van der Waals surface area contributed by atoms with Gasteiger partial charge in [0.25, 0.3) is 0 Å². The average Bonchev–Trinajstić information content (AvgIpc) is 3.06. The first-order chi connectivity index (χ1) is 12.7. The number of para-hydroxylation sites is 1. The number of hydrogen-bond acceptors (Lipinski definition) is 3. The molecule has 0 radical (unpaired) electrons. The van der Waals surface area contributed by atoms with Crippen molar-refractivity contribution >= 4 is 23.1 Å². The van der Waals surface area contributed by atoms with Crippen LogP contribution in [0.3, 0.4) is 0 Å². The number of nitrogens with zero attached hydrogens (tertiary/aromatic N) is 1. The number of hydrogen-bond donors (Lipinski definition) is 1. The van der Waals surface area contributed by atoms with E-state index in [-0.39, 0.29) is 30.0 Å². The molecular weight excluding hydrogens is 328 g/mol. The fraction of sp³-hybridized carbons (Fsp3) is 0.429. The highest BCUT2D eigenvalue weighted by molar-refractivity contribution is 5.90. The minimum Gasteiger partial charge on any atom is -0.497 e. The number of ether oxygens (including phenoxy) is 2. The number of methoxy groups -OCH3 is 1. The van der Waals surface area contributed by atoms with Crippen LogP contribution in [0.1, 0.15) is 30.6 Å². The van der Waals surface area contributed by atoms with Gasteiger partial charge in [0.2, 0.25) is 0 Å². The molecule has 0 saturated carbocycles. The molecule has 0 saturated heterocycles. The molecule has 3 aliphatic heterocycles. The second-order valence-electron chi connectivity index (χ2n) is 7.54. The number of aromatic amines is 1. The zero-order valence-corrected chi connectivity index (χ0v) is 15.1. The lowest BCUT2D eigenvalue weighted by molar-refractivity contribution is -0.582. The van der Waals surface area contributed by atoms with Gasteiger partial charge in [-0.15, -0.1) is 0 Å². The average molecular weight is 351 g/mol. The third-order valence-electron chi connectivity index (χ3n) is 6.28. The van der Waals surface area contributed by atoms with Gasteiger partial charge in [0.15, 0.2) is 6.04 Å². The minimum absolute atomic E-state index is 0.0680. The smallest absolute Gasteiger partial charge is 0.337 e. The van der Waals surface area contributed by atoms with E-state index in [1.165, 1.54) is 29.3 Å². The van der Waals surface area contributed by atoms with Gasteiger partial charge in [-0.2, -0.15) is 0 Å². The summed E-state index contributed by atoms with van der Waals surface area (Å²) < 4.78 is 13.2. The summed E-state index contributed by atoms with van der Waals surface area (Å²) in [5.41, 5.74) is 4.59. The van der Waals surface area contributed by atoms with Crippen LogP contribution >= 0.6 is 0 Å². The lowest BCUT2D eigenvalue weighted by Gasteiger charge is -2.38. The van der Waals surface area contributed by atoms with E-state index in [4.69, 9.17) is 9.47 Å². The van der Waals surface area contributed by atoms with Gasteiger partial charge in [-0.25, -0.2) is 9.37 Å². The van der Waals surface area contributed by atoms with Gasteiger partial charge < -0.3 is 14.5 Å². The number of nitrogens with one attached hydrogen (secondary N) is 1. The summed E-state index contributed by atoms with van der Waals surface area (Å²) in [7, 11) is 1.44. The van der Waals surface area contributed by atoms with E-state index in [9.17, 15) is 4.79 Å². The summed E-state index contributed by atoms with van der Waals surface area (Å²) in [6.07, 6.45) is 5.93. The number of benzene rings is 1. The van der Waals surface area contributed by atoms with Crippen molar-refractivity contribution in [2.75, 3.05) is 13.7 Å². The number of aromatic nitrogens is 1. The van der Waals surface area contributed by atoms with E-state index in [0.29, 0.717) is 5.57 Å². The number of fused-ring (bicyclic) bond motifs is 6. The summed E-state index contributed by atoms with van der Waals surface area (Å²) in [6, 6.07) is 8.79. The third-order valence-corrected chi connectivity index (χ3v) is 6.28. The summed E-state index contributed by atoms with van der Waals surface area (Å²) in [5.74, 6) is 0.0579. The minimum atomic E-state index is -0.276. The third kappa shape index (κ3) is 2.16. The van der Waals surface area contributed by atoms with Crippen molar-refractivity contribution in [3.8, 4) is 0 Å². The highest BCUT2D eigenvalue weighted by atomic mass is 16.5. The van der Waals surface area contributed by atoms with E-state index in [1.807, 2.05) is 0 Å². The predicted octanol–water partition coefficient (Wildman–Crippen LogP) is 2.96. The molecule has 1 N–H and O–H groups in total. The molecule has 5 nitrogen and oxygen atoms in total. The van der Waals surface area contributed by atoms with Crippen LogP contribution in [-0.4, -0.2) is 41.5 Å². The molecule has 5 heteroatoms. The molecular formula is C21H23N2O3+. The molecule has 1 unspecified atom stereocenters. The molecule has 5 rings (SSSR count). The summed E-state index contributed by atoms with van der Waals surface area (Å²) >= 11 is 0. The maximum absolute atomic E-state index is 12.3. The van der Waals surface area contributed by atoms with Crippen molar-refractivity contribution < 1.29 is 18.8 Å². The first-order valence-corrected chi connectivity index (χ1v) is 9.31. The van der Waals surface area contributed by atoms with Crippen LogP contribution in [0, 0.1) is 11.8 Å². The first kappa shape index (κ1) is 15.7. The van der Waals surface area contributed by atoms with Crippen molar-refractivity contribution in [3.63, 3.8) is 0 Å². The molecule has 2 aromatic rings. The van der Waals surface area contributed by atoms with Gasteiger partial charge in [0.1, 0.15) is 18.9 Å². The van der Waals surface area contributed by atoms with Gasteiger partial charge in [-0.05, 0) is 18.6 Å². The summed E-state index contributed by atoms with van der Waals surface area (Å²) in [5, 5.41) is 1.33. The number of esters is 1. The fourth-order valence-electron chi connectivity index (χ4n) is 4.95. The van der Waals surface area contributed by atoms with Crippen LogP contribution in [0.25, 0.3) is 10.9 Å². The zero-order valence-electron chi connectivity index (χ0n) is 15.1. The maximum atomic E-state index is 12.3. The van der Waals surface area contributed by atoms with Crippen LogP contribution < -0.4 is 0 Å². The van der Waals surface area contributed by atoms with Crippen LogP contribution in [-0.2, 0) is 20.7 Å². The number of H-pyrrole nitrogens is 1. The van der Waals surface area contributed by atoms with Gasteiger partial charge in [-0.1, -0.05) is 18.2 Å². The van der Waals surface area contributed by atoms with Crippen molar-refractivity contribution in [1.82, 2.24) is 4.98 Å². The molecule has 0 amide bonds. The van der Waals surface area contributed by atoms with Gasteiger partial charge in [-0.3, -0.25) is 0 Å². The lowest BCUT2D eigenvalue weighted by atomic mass is 9.74.